The fourth-order valence-electron chi connectivity index (χ4n) is 3.18. The molecule has 2 heterocycles. The number of fused-ring (bicyclic) bond motifs is 1. The first kappa shape index (κ1) is 13.6. The molecular weight excluding hydrogens is 268 g/mol. The molecular formula is C16H20N2OS. The minimum absolute atomic E-state index is 0.0196. The lowest BCUT2D eigenvalue weighted by atomic mass is 9.96. The van der Waals surface area contributed by atoms with Gasteiger partial charge >= 0.3 is 0 Å². The van der Waals surface area contributed by atoms with E-state index in [1.54, 1.807) is 11.3 Å². The molecule has 20 heavy (non-hydrogen) atoms. The van der Waals surface area contributed by atoms with Crippen LogP contribution in [0.15, 0.2) is 29.6 Å². The van der Waals surface area contributed by atoms with Gasteiger partial charge < -0.3 is 10.6 Å². The van der Waals surface area contributed by atoms with Crippen molar-refractivity contribution in [3.63, 3.8) is 0 Å². The minimum atomic E-state index is 0.0196. The lowest BCUT2D eigenvalue weighted by molar-refractivity contribution is -0.132. The molecule has 1 aromatic carbocycles. The van der Waals surface area contributed by atoms with Gasteiger partial charge in [0, 0.05) is 23.7 Å². The Morgan fingerprint density at radius 3 is 3.00 bits per heavy atom. The lowest BCUT2D eigenvalue weighted by Gasteiger charge is -2.32. The van der Waals surface area contributed by atoms with Gasteiger partial charge in [0.25, 0.3) is 0 Å². The molecule has 0 bridgehead atoms. The number of carbonyl (C=O) groups is 1. The zero-order chi connectivity index (χ0) is 14.1. The van der Waals surface area contributed by atoms with E-state index in [0.29, 0.717) is 6.42 Å². The van der Waals surface area contributed by atoms with Gasteiger partial charge in [-0.1, -0.05) is 18.2 Å². The van der Waals surface area contributed by atoms with Crippen molar-refractivity contribution >= 4 is 27.3 Å². The molecule has 0 saturated carbocycles. The smallest absolute Gasteiger partial charge is 0.223 e. The topological polar surface area (TPSA) is 46.3 Å². The van der Waals surface area contributed by atoms with Crippen LogP contribution in [0.25, 0.3) is 10.1 Å². The zero-order valence-electron chi connectivity index (χ0n) is 11.7. The van der Waals surface area contributed by atoms with Crippen molar-refractivity contribution in [3.8, 4) is 0 Å². The number of likely N-dealkylation sites (tertiary alicyclic amines) is 1. The first-order valence-electron chi connectivity index (χ1n) is 7.23. The number of hydrogen-bond donors (Lipinski definition) is 1. The molecule has 3 nitrogen and oxygen atoms in total. The highest BCUT2D eigenvalue weighted by atomic mass is 32.1. The third-order valence-electron chi connectivity index (χ3n) is 4.16. The zero-order valence-corrected chi connectivity index (χ0v) is 12.5. The molecule has 1 fully saturated rings. The number of rotatable bonds is 2. The number of carbonyl (C=O) groups excluding carboxylic acids is 1. The molecule has 0 spiro atoms. The molecule has 2 atom stereocenters. The molecule has 0 radical (unpaired) electrons. The quantitative estimate of drug-likeness (QED) is 0.921. The summed E-state index contributed by atoms with van der Waals surface area (Å²) in [4.78, 5) is 14.3. The maximum absolute atomic E-state index is 12.3. The van der Waals surface area contributed by atoms with Crippen LogP contribution in [0.4, 0.5) is 0 Å². The van der Waals surface area contributed by atoms with Gasteiger partial charge in [-0.2, -0.15) is 0 Å². The van der Waals surface area contributed by atoms with Gasteiger partial charge in [-0.05, 0) is 42.2 Å². The second-order valence-electron chi connectivity index (χ2n) is 5.37. The normalized spacial score (nSPS) is 24.1. The molecule has 2 aromatic rings. The highest BCUT2D eigenvalue weighted by Gasteiger charge is 2.33. The first-order valence-corrected chi connectivity index (χ1v) is 8.11. The van der Waals surface area contributed by atoms with Crippen LogP contribution in [0, 0.1) is 0 Å². The Morgan fingerprint density at radius 2 is 2.20 bits per heavy atom. The molecule has 106 valence electrons. The minimum Gasteiger partial charge on any atom is -0.334 e. The molecule has 2 unspecified atom stereocenters. The lowest BCUT2D eigenvalue weighted by Crippen LogP contribution is -2.41. The third-order valence-corrected chi connectivity index (χ3v) is 5.14. The summed E-state index contributed by atoms with van der Waals surface area (Å²) in [5.74, 6) is 0.237. The fourth-order valence-corrected chi connectivity index (χ4v) is 4.17. The number of likely N-dealkylation sites (N-methyl/N-ethyl adjacent to an activating group) is 1. The van der Waals surface area contributed by atoms with E-state index in [1.807, 2.05) is 11.8 Å². The van der Waals surface area contributed by atoms with Crippen molar-refractivity contribution < 1.29 is 4.79 Å². The third kappa shape index (κ3) is 2.23. The maximum atomic E-state index is 12.3. The summed E-state index contributed by atoms with van der Waals surface area (Å²) < 4.78 is 1.27. The molecule has 1 saturated heterocycles. The molecule has 1 amide bonds. The molecule has 3 rings (SSSR count). The van der Waals surface area contributed by atoms with Crippen LogP contribution in [0.2, 0.25) is 0 Å². The highest BCUT2D eigenvalue weighted by Crippen LogP contribution is 2.37. The molecule has 1 aliphatic rings. The van der Waals surface area contributed by atoms with Gasteiger partial charge in [-0.15, -0.1) is 11.3 Å². The standard InChI is InChI=1S/C16H20N2OS/c1-2-18-15(19)9-5-7-13(17)16(18)12-10-20-14-8-4-3-6-11(12)14/h3-4,6,8,10,13,16H,2,5,7,9,17H2,1H3. The van der Waals surface area contributed by atoms with Crippen molar-refractivity contribution in [2.45, 2.75) is 38.3 Å². The van der Waals surface area contributed by atoms with Crippen LogP contribution in [0.1, 0.15) is 37.8 Å². The van der Waals surface area contributed by atoms with E-state index in [9.17, 15) is 4.79 Å². The Balaban J connectivity index is 2.10. The Bertz CT molecular complexity index is 622. The second kappa shape index (κ2) is 5.54. The SMILES string of the molecule is CCN1C(=O)CCCC(N)C1c1csc2ccccc12. The van der Waals surface area contributed by atoms with E-state index in [-0.39, 0.29) is 18.0 Å². The van der Waals surface area contributed by atoms with Crippen LogP contribution in [0.3, 0.4) is 0 Å². The summed E-state index contributed by atoms with van der Waals surface area (Å²) >= 11 is 1.74. The summed E-state index contributed by atoms with van der Waals surface area (Å²) in [7, 11) is 0. The number of thiophene rings is 1. The number of nitrogens with two attached hydrogens (primary N) is 1. The van der Waals surface area contributed by atoms with Crippen molar-refractivity contribution in [1.82, 2.24) is 4.90 Å². The van der Waals surface area contributed by atoms with Gasteiger partial charge in [0.1, 0.15) is 0 Å². The predicted molar refractivity (Wildman–Crippen MR) is 83.8 cm³/mol. The van der Waals surface area contributed by atoms with Gasteiger partial charge in [-0.3, -0.25) is 4.79 Å². The van der Waals surface area contributed by atoms with Gasteiger partial charge in [0.15, 0.2) is 0 Å². The van der Waals surface area contributed by atoms with E-state index in [2.05, 4.69) is 29.6 Å². The monoisotopic (exact) mass is 288 g/mol. The summed E-state index contributed by atoms with van der Waals surface area (Å²) in [6, 6.07) is 8.42. The van der Waals surface area contributed by atoms with Crippen LogP contribution < -0.4 is 5.73 Å². The van der Waals surface area contributed by atoms with E-state index < -0.39 is 0 Å². The van der Waals surface area contributed by atoms with E-state index in [0.717, 1.165) is 19.4 Å². The number of amides is 1. The van der Waals surface area contributed by atoms with Gasteiger partial charge in [0.2, 0.25) is 5.91 Å². The summed E-state index contributed by atoms with van der Waals surface area (Å²) in [6.45, 7) is 2.76. The van der Waals surface area contributed by atoms with Crippen LogP contribution in [0.5, 0.6) is 0 Å². The fraction of sp³-hybridized carbons (Fsp3) is 0.438. The molecule has 1 aliphatic heterocycles. The first-order chi connectivity index (χ1) is 9.72. The van der Waals surface area contributed by atoms with Gasteiger partial charge in [-0.25, -0.2) is 0 Å². The highest BCUT2D eigenvalue weighted by molar-refractivity contribution is 7.17. The van der Waals surface area contributed by atoms with E-state index in [4.69, 9.17) is 5.73 Å². The summed E-state index contributed by atoms with van der Waals surface area (Å²) in [5.41, 5.74) is 7.62. The second-order valence-corrected chi connectivity index (χ2v) is 6.28. The van der Waals surface area contributed by atoms with Crippen molar-refractivity contribution in [3.05, 3.63) is 35.2 Å². The summed E-state index contributed by atoms with van der Waals surface area (Å²) in [6.07, 6.45) is 2.44. The average molecular weight is 288 g/mol. The Morgan fingerprint density at radius 1 is 1.40 bits per heavy atom. The number of benzene rings is 1. The number of nitrogens with zero attached hydrogens (tertiary/aromatic N) is 1. The molecule has 4 heteroatoms. The van der Waals surface area contributed by atoms with E-state index >= 15 is 0 Å². The summed E-state index contributed by atoms with van der Waals surface area (Å²) in [5, 5.41) is 3.42. The van der Waals surface area contributed by atoms with Crippen LogP contribution in [-0.2, 0) is 4.79 Å². The molecule has 0 aliphatic carbocycles. The van der Waals surface area contributed by atoms with Crippen molar-refractivity contribution in [2.75, 3.05) is 6.54 Å². The largest absolute Gasteiger partial charge is 0.334 e. The van der Waals surface area contributed by atoms with Crippen LogP contribution in [-0.4, -0.2) is 23.4 Å². The maximum Gasteiger partial charge on any atom is 0.223 e. The Labute approximate surface area is 123 Å². The number of hydrogen-bond acceptors (Lipinski definition) is 3. The van der Waals surface area contributed by atoms with Crippen LogP contribution >= 0.6 is 11.3 Å². The van der Waals surface area contributed by atoms with E-state index in [1.165, 1.54) is 15.6 Å². The molecule has 2 N–H and O–H groups in total. The average Bonchev–Trinajstić information content (AvgIpc) is 2.81. The van der Waals surface area contributed by atoms with Crippen molar-refractivity contribution in [2.24, 2.45) is 5.73 Å². The molecule has 1 aromatic heterocycles. The van der Waals surface area contributed by atoms with Crippen molar-refractivity contribution in [1.29, 1.82) is 0 Å². The Hall–Kier alpha value is -1.39. The Kier molecular flexibility index (Phi) is 3.76. The van der Waals surface area contributed by atoms with Gasteiger partial charge in [0.05, 0.1) is 6.04 Å². The predicted octanol–water partition coefficient (Wildman–Crippen LogP) is 3.30.